The van der Waals surface area contributed by atoms with E-state index >= 15 is 0 Å². The normalized spacial score (nSPS) is 39.8. The van der Waals surface area contributed by atoms with Crippen LogP contribution in [0.3, 0.4) is 0 Å². The predicted molar refractivity (Wildman–Crippen MR) is 142 cm³/mol. The third kappa shape index (κ3) is 8.83. The van der Waals surface area contributed by atoms with Crippen LogP contribution in [-0.4, -0.2) is 85.7 Å². The van der Waals surface area contributed by atoms with Crippen molar-refractivity contribution in [2.45, 2.75) is 90.4 Å². The van der Waals surface area contributed by atoms with E-state index in [2.05, 4.69) is 0 Å². The molecule has 1 fully saturated rings. The molecule has 9 nitrogen and oxygen atoms in total. The molecule has 38 heavy (non-hydrogen) atoms. The molecule has 2 aliphatic heterocycles. The average Bonchev–Trinajstić information content (AvgIpc) is 2.90. The van der Waals surface area contributed by atoms with E-state index in [0.29, 0.717) is 12.8 Å². The van der Waals surface area contributed by atoms with Gasteiger partial charge in [-0.1, -0.05) is 52.0 Å². The van der Waals surface area contributed by atoms with Gasteiger partial charge in [-0.2, -0.15) is 0 Å². The van der Waals surface area contributed by atoms with Crippen molar-refractivity contribution >= 4 is 11.8 Å². The molecule has 2 rings (SSSR count). The minimum absolute atomic E-state index is 0.0213. The first-order valence-electron chi connectivity index (χ1n) is 13.5. The molecule has 1 saturated heterocycles. The first kappa shape index (κ1) is 32.3. The lowest BCUT2D eigenvalue weighted by Gasteiger charge is -2.42. The molecule has 0 aromatic heterocycles. The Labute approximate surface area is 226 Å². The smallest absolute Gasteiger partial charge is 0.330 e. The van der Waals surface area contributed by atoms with Crippen molar-refractivity contribution in [2.75, 3.05) is 20.8 Å². The van der Waals surface area contributed by atoms with Crippen molar-refractivity contribution in [3.8, 4) is 0 Å². The number of aliphatic hydroxyl groups excluding tert-OH is 2. The lowest BCUT2D eigenvalue weighted by atomic mass is 9.85. The Balaban J connectivity index is 2.28. The first-order valence-corrected chi connectivity index (χ1v) is 13.5. The highest BCUT2D eigenvalue weighted by Gasteiger charge is 2.45. The molecule has 0 aromatic carbocycles. The molecule has 2 N–H and O–H groups in total. The molecule has 0 aliphatic carbocycles. The molecule has 0 spiro atoms. The maximum atomic E-state index is 12.7. The van der Waals surface area contributed by atoms with Gasteiger partial charge in [0.15, 0.2) is 12.1 Å². The van der Waals surface area contributed by atoms with Gasteiger partial charge in [0.05, 0.1) is 18.8 Å². The van der Waals surface area contributed by atoms with Crippen molar-refractivity contribution in [1.82, 2.24) is 0 Å². The van der Waals surface area contributed by atoms with Gasteiger partial charge in [-0.25, -0.2) is 4.79 Å². The second-order valence-electron chi connectivity index (χ2n) is 10.5. The monoisotopic (exact) mass is 538 g/mol. The fraction of sp³-hybridized carbons (Fsp3) is 0.724. The summed E-state index contributed by atoms with van der Waals surface area (Å²) in [6.07, 6.45) is 6.08. The number of rotatable bonds is 6. The first-order chi connectivity index (χ1) is 18.0. The molecule has 9 heteroatoms. The minimum atomic E-state index is -0.877. The van der Waals surface area contributed by atoms with Gasteiger partial charge in [0, 0.05) is 38.0 Å². The third-order valence-corrected chi connectivity index (χ3v) is 7.50. The van der Waals surface area contributed by atoms with E-state index in [1.165, 1.54) is 26.4 Å². The van der Waals surface area contributed by atoms with Crippen molar-refractivity contribution < 1.29 is 43.5 Å². The maximum absolute atomic E-state index is 12.7. The van der Waals surface area contributed by atoms with E-state index in [-0.39, 0.29) is 36.1 Å². The van der Waals surface area contributed by atoms with E-state index in [9.17, 15) is 19.8 Å². The summed E-state index contributed by atoms with van der Waals surface area (Å²) in [7, 11) is 2.99. The number of aliphatic hydroxyl groups is 2. The summed E-state index contributed by atoms with van der Waals surface area (Å²) in [5.41, 5.74) is 0. The Morgan fingerprint density at radius 2 is 1.63 bits per heavy atom. The number of carbonyl (C=O) groups excluding carboxylic acids is 2. The molecule has 2 aliphatic rings. The number of hydrogen-bond acceptors (Lipinski definition) is 9. The predicted octanol–water partition coefficient (Wildman–Crippen LogP) is 2.99. The fourth-order valence-electron chi connectivity index (χ4n) is 4.99. The second kappa shape index (κ2) is 15.6. The number of allylic oxidation sites excluding steroid dienone is 3. The van der Waals surface area contributed by atoms with Crippen molar-refractivity contribution in [3.63, 3.8) is 0 Å². The van der Waals surface area contributed by atoms with Crippen LogP contribution in [0.15, 0.2) is 36.5 Å². The van der Waals surface area contributed by atoms with Crippen molar-refractivity contribution in [1.29, 1.82) is 0 Å². The van der Waals surface area contributed by atoms with Gasteiger partial charge in [-0.3, -0.25) is 4.79 Å². The van der Waals surface area contributed by atoms with E-state index in [0.717, 1.165) is 0 Å². The van der Waals surface area contributed by atoms with E-state index in [1.54, 1.807) is 25.2 Å². The quantitative estimate of drug-likeness (QED) is 0.492. The summed E-state index contributed by atoms with van der Waals surface area (Å²) < 4.78 is 28.7. The summed E-state index contributed by atoms with van der Waals surface area (Å²) in [5.74, 6) is -1.55. The molecule has 216 valence electrons. The largest absolute Gasteiger partial charge is 0.459 e. The topological polar surface area (TPSA) is 121 Å². The van der Waals surface area contributed by atoms with Gasteiger partial charge in [-0.05, 0) is 31.8 Å². The van der Waals surface area contributed by atoms with Crippen molar-refractivity contribution in [2.24, 2.45) is 23.7 Å². The molecule has 11 unspecified atom stereocenters. The number of ether oxygens (including phenoxy) is 5. The zero-order valence-electron chi connectivity index (χ0n) is 23.7. The highest BCUT2D eigenvalue weighted by molar-refractivity contribution is 5.91. The highest BCUT2D eigenvalue weighted by Crippen LogP contribution is 2.27. The summed E-state index contributed by atoms with van der Waals surface area (Å²) in [4.78, 5) is 25.3. The van der Waals surface area contributed by atoms with Crippen LogP contribution in [0.5, 0.6) is 0 Å². The van der Waals surface area contributed by atoms with Crippen LogP contribution in [0.4, 0.5) is 0 Å². The summed E-state index contributed by atoms with van der Waals surface area (Å²) in [5, 5.41) is 21.1. The van der Waals surface area contributed by atoms with Gasteiger partial charge in [0.1, 0.15) is 24.4 Å². The van der Waals surface area contributed by atoms with Gasteiger partial charge in [0.25, 0.3) is 0 Å². The van der Waals surface area contributed by atoms with Crippen LogP contribution in [0.25, 0.3) is 0 Å². The van der Waals surface area contributed by atoms with Gasteiger partial charge >= 0.3 is 5.97 Å². The molecule has 0 saturated carbocycles. The standard InChI is InChI=1S/C29H46O9/c1-8-23-21(16-36-29-28(35-7)27(34-6)26(33)20(5)37-29)11-9-10-12-22(30)18(3)15-19(4)25(32)17(2)13-14-24(31)38-23/h9-14,17-21,23,25-29,32-33H,8,15-16H2,1-7H3. The third-order valence-electron chi connectivity index (χ3n) is 7.50. The number of methoxy groups -OCH3 is 2. The zero-order valence-corrected chi connectivity index (χ0v) is 23.7. The molecule has 2 heterocycles. The van der Waals surface area contributed by atoms with Crippen LogP contribution in [0.1, 0.15) is 47.5 Å². The number of hydrogen-bond donors (Lipinski definition) is 2. The highest BCUT2D eigenvalue weighted by atomic mass is 16.7. The number of carbonyl (C=O) groups is 2. The molecule has 0 bridgehead atoms. The molecule has 11 atom stereocenters. The van der Waals surface area contributed by atoms with Crippen LogP contribution in [-0.2, 0) is 33.3 Å². The molecule has 0 amide bonds. The molecule has 0 radical (unpaired) electrons. The number of cyclic esters (lactones) is 1. The Morgan fingerprint density at radius 1 is 0.947 bits per heavy atom. The number of esters is 1. The zero-order chi connectivity index (χ0) is 28.4. The van der Waals surface area contributed by atoms with Gasteiger partial charge in [-0.15, -0.1) is 0 Å². The number of ketones is 1. The van der Waals surface area contributed by atoms with Gasteiger partial charge < -0.3 is 33.9 Å². The average molecular weight is 539 g/mol. The van der Waals surface area contributed by atoms with Crippen LogP contribution in [0.2, 0.25) is 0 Å². The minimum Gasteiger partial charge on any atom is -0.459 e. The Kier molecular flexibility index (Phi) is 13.3. The Bertz CT molecular complexity index is 838. The SMILES string of the molecule is CCC1OC(=O)C=CC(C)C(O)C(C)CC(C)C(=O)C=CC=CC1COC1OC(C)C(O)C(OC)C1OC. The van der Waals surface area contributed by atoms with Crippen LogP contribution < -0.4 is 0 Å². The van der Waals surface area contributed by atoms with E-state index < -0.39 is 48.9 Å². The Morgan fingerprint density at radius 3 is 2.26 bits per heavy atom. The molecule has 0 aromatic rings. The van der Waals surface area contributed by atoms with Crippen molar-refractivity contribution in [3.05, 3.63) is 36.5 Å². The summed E-state index contributed by atoms with van der Waals surface area (Å²) >= 11 is 0. The fourth-order valence-corrected chi connectivity index (χ4v) is 4.99. The Hall–Kier alpha value is -1.88. The molecular formula is C29H46O9. The lowest BCUT2D eigenvalue weighted by Crippen LogP contribution is -2.59. The summed E-state index contributed by atoms with van der Waals surface area (Å²) in [6.45, 7) is 9.35. The van der Waals surface area contributed by atoms with E-state index in [1.807, 2.05) is 33.8 Å². The lowest BCUT2D eigenvalue weighted by molar-refractivity contribution is -0.304. The van der Waals surface area contributed by atoms with Crippen LogP contribution >= 0.6 is 0 Å². The van der Waals surface area contributed by atoms with Gasteiger partial charge in [0.2, 0.25) is 0 Å². The van der Waals surface area contributed by atoms with Crippen LogP contribution in [0, 0.1) is 23.7 Å². The second-order valence-corrected chi connectivity index (χ2v) is 10.5. The van der Waals surface area contributed by atoms with E-state index in [4.69, 9.17) is 23.7 Å². The summed E-state index contributed by atoms with van der Waals surface area (Å²) in [6, 6.07) is 0. The molecular weight excluding hydrogens is 492 g/mol. The maximum Gasteiger partial charge on any atom is 0.330 e.